The molecule has 0 bridgehead atoms. The molecule has 0 saturated carbocycles. The molecule has 0 radical (unpaired) electrons. The Morgan fingerprint density at radius 1 is 0.356 bits per heavy atom. The second kappa shape index (κ2) is 11.3. The van der Waals surface area contributed by atoms with E-state index in [9.17, 15) is 0 Å². The van der Waals surface area contributed by atoms with Crippen molar-refractivity contribution in [1.29, 1.82) is 0 Å². The van der Waals surface area contributed by atoms with Crippen LogP contribution in [-0.2, 0) is 0 Å². The number of hydrogen-bond acceptors (Lipinski definition) is 2. The van der Waals surface area contributed by atoms with Crippen LogP contribution in [0.5, 0.6) is 0 Å². The van der Waals surface area contributed by atoms with Gasteiger partial charge in [0.1, 0.15) is 5.69 Å². The van der Waals surface area contributed by atoms with Gasteiger partial charge in [-0.2, -0.15) is 0 Å². The molecule has 14 aromatic rings. The number of aromatic nitrogens is 5. The zero-order chi connectivity index (χ0) is 38.3. The molecule has 0 aliphatic heterocycles. The van der Waals surface area contributed by atoms with Crippen molar-refractivity contribution < 1.29 is 0 Å². The molecule has 0 N–H and O–H groups in total. The average molecular weight is 750 g/mol. The van der Waals surface area contributed by atoms with Gasteiger partial charge in [-0.05, 0) is 53.2 Å². The van der Waals surface area contributed by atoms with Crippen molar-refractivity contribution in [3.05, 3.63) is 188 Å². The van der Waals surface area contributed by atoms with Crippen molar-refractivity contribution in [3.8, 4) is 22.8 Å². The Kier molecular flexibility index (Phi) is 5.96. The molecule has 0 amide bonds. The summed E-state index contributed by atoms with van der Waals surface area (Å²) in [6.07, 6.45) is 0. The second-order valence-corrected chi connectivity index (χ2v) is 15.7. The second-order valence-electron chi connectivity index (χ2n) is 15.7. The summed E-state index contributed by atoms with van der Waals surface area (Å²) in [6.45, 7) is 0. The molecule has 5 heterocycles. The van der Waals surface area contributed by atoms with Gasteiger partial charge >= 0.3 is 0 Å². The van der Waals surface area contributed by atoms with Gasteiger partial charge in [-0.15, -0.1) is 0 Å². The van der Waals surface area contributed by atoms with Gasteiger partial charge in [0.15, 0.2) is 5.82 Å². The summed E-state index contributed by atoms with van der Waals surface area (Å²) < 4.78 is 7.45. The first kappa shape index (κ1) is 31.1. The molecule has 272 valence electrons. The van der Waals surface area contributed by atoms with Crippen molar-refractivity contribution in [3.63, 3.8) is 0 Å². The smallest absolute Gasteiger partial charge is 0.165 e. The molecule has 0 fully saturated rings. The van der Waals surface area contributed by atoms with Crippen LogP contribution in [0.15, 0.2) is 188 Å². The van der Waals surface area contributed by atoms with E-state index in [0.717, 1.165) is 72.2 Å². The molecule has 0 spiro atoms. The fourth-order valence-electron chi connectivity index (χ4n) is 10.3. The maximum atomic E-state index is 5.80. The van der Waals surface area contributed by atoms with Gasteiger partial charge in [-0.25, -0.2) is 9.97 Å². The van der Waals surface area contributed by atoms with E-state index in [-0.39, 0.29) is 0 Å². The lowest BCUT2D eigenvalue weighted by Gasteiger charge is -2.16. The molecule has 5 aromatic heterocycles. The van der Waals surface area contributed by atoms with E-state index in [1.807, 2.05) is 0 Å². The van der Waals surface area contributed by atoms with Crippen LogP contribution in [-0.4, -0.2) is 23.5 Å². The van der Waals surface area contributed by atoms with Gasteiger partial charge in [0.05, 0.1) is 49.7 Å². The maximum absolute atomic E-state index is 5.80. The lowest BCUT2D eigenvalue weighted by atomic mass is 10.0. The highest BCUT2D eigenvalue weighted by molar-refractivity contribution is 6.36. The highest BCUT2D eigenvalue weighted by Crippen LogP contribution is 2.49. The van der Waals surface area contributed by atoms with Crippen LogP contribution in [0.4, 0.5) is 0 Å². The number of para-hydroxylation sites is 4. The molecule has 9 aromatic carbocycles. The zero-order valence-electron chi connectivity index (χ0n) is 31.6. The number of fused-ring (bicyclic) bond motifs is 12. The third-order valence-electron chi connectivity index (χ3n) is 12.7. The number of nitrogens with zero attached hydrogens (tertiary/aromatic N) is 5. The number of benzene rings is 9. The fraction of sp³-hybridized carbons (Fsp3) is 0. The predicted molar refractivity (Wildman–Crippen MR) is 246 cm³/mol. The van der Waals surface area contributed by atoms with E-state index in [1.165, 1.54) is 54.1 Å². The van der Waals surface area contributed by atoms with Crippen molar-refractivity contribution in [1.82, 2.24) is 23.5 Å². The highest BCUT2D eigenvalue weighted by atomic mass is 15.1. The highest BCUT2D eigenvalue weighted by Gasteiger charge is 2.29. The van der Waals surface area contributed by atoms with E-state index in [2.05, 4.69) is 202 Å². The van der Waals surface area contributed by atoms with Crippen LogP contribution >= 0.6 is 0 Å². The summed E-state index contributed by atoms with van der Waals surface area (Å²) in [5, 5.41) is 11.9. The fourth-order valence-corrected chi connectivity index (χ4v) is 10.3. The van der Waals surface area contributed by atoms with Crippen LogP contribution < -0.4 is 0 Å². The van der Waals surface area contributed by atoms with Gasteiger partial charge < -0.3 is 8.97 Å². The molecule has 0 aliphatic carbocycles. The minimum Gasteiger partial charge on any atom is -0.308 e. The summed E-state index contributed by atoms with van der Waals surface area (Å²) in [5.74, 6) is 0.803. The standard InChI is InChI=1S/C54H31N5/c1-3-16-33(17-4-1)49-54(56-50-35-20-8-7-15-32(35)29-30-42(50)55-49)59-45-28-14-23-38-40-25-13-24-39-36-21-9-12-27-44(36)58(51(39)40)46-31-41-37-22-10-11-26-43(37)57(34-18-5-2-6-19-34)52(41)53(59)48(46)47(38)45/h1-31H. The SMILES string of the molecule is c1ccc(-c2nc3ccc4ccccc4c3nc2-n2c3cccc4c5cccc6c7ccccc7n(c7cc8c9ccccc9n(-c9ccccc9)c8c2c7c43)c56)cc1. The lowest BCUT2D eigenvalue weighted by molar-refractivity contribution is 1.08. The van der Waals surface area contributed by atoms with Crippen molar-refractivity contribution >= 4 is 104 Å². The van der Waals surface area contributed by atoms with Gasteiger partial charge in [0, 0.05) is 54.3 Å². The maximum Gasteiger partial charge on any atom is 0.165 e. The third-order valence-corrected chi connectivity index (χ3v) is 12.7. The summed E-state index contributed by atoms with van der Waals surface area (Å²) >= 11 is 0. The molecule has 0 unspecified atom stereocenters. The van der Waals surface area contributed by atoms with Crippen molar-refractivity contribution in [2.45, 2.75) is 0 Å². The molecule has 0 atom stereocenters. The third kappa shape index (κ3) is 3.98. The summed E-state index contributed by atoms with van der Waals surface area (Å²) in [5.41, 5.74) is 12.8. The molecule has 0 saturated heterocycles. The van der Waals surface area contributed by atoms with Crippen LogP contribution in [0.1, 0.15) is 0 Å². The lowest BCUT2D eigenvalue weighted by Crippen LogP contribution is -2.05. The van der Waals surface area contributed by atoms with Crippen molar-refractivity contribution in [2.24, 2.45) is 0 Å². The Labute approximate surface area is 336 Å². The van der Waals surface area contributed by atoms with Crippen LogP contribution in [0, 0.1) is 0 Å². The largest absolute Gasteiger partial charge is 0.308 e. The molecule has 14 rings (SSSR count). The predicted octanol–water partition coefficient (Wildman–Crippen LogP) is 13.8. The van der Waals surface area contributed by atoms with E-state index in [1.54, 1.807) is 0 Å². The number of rotatable bonds is 3. The molecule has 0 aliphatic rings. The quantitative estimate of drug-likeness (QED) is 0.169. The van der Waals surface area contributed by atoms with E-state index >= 15 is 0 Å². The number of hydrogen-bond donors (Lipinski definition) is 0. The first-order valence-corrected chi connectivity index (χ1v) is 20.2. The molecular formula is C54H31N5. The van der Waals surface area contributed by atoms with Crippen LogP contribution in [0.2, 0.25) is 0 Å². The van der Waals surface area contributed by atoms with Crippen molar-refractivity contribution in [2.75, 3.05) is 0 Å². The Hall–Kier alpha value is -8.02. The first-order chi connectivity index (χ1) is 29.3. The summed E-state index contributed by atoms with van der Waals surface area (Å²) in [6, 6.07) is 68.0. The molecule has 5 nitrogen and oxygen atoms in total. The van der Waals surface area contributed by atoms with Gasteiger partial charge in [0.25, 0.3) is 0 Å². The van der Waals surface area contributed by atoms with E-state index in [4.69, 9.17) is 9.97 Å². The summed E-state index contributed by atoms with van der Waals surface area (Å²) in [4.78, 5) is 11.3. The van der Waals surface area contributed by atoms with Gasteiger partial charge in [0.2, 0.25) is 0 Å². The van der Waals surface area contributed by atoms with E-state index in [0.29, 0.717) is 0 Å². The Morgan fingerprint density at radius 3 is 1.81 bits per heavy atom. The summed E-state index contributed by atoms with van der Waals surface area (Å²) in [7, 11) is 0. The average Bonchev–Trinajstić information content (AvgIpc) is 3.92. The molecule has 5 heteroatoms. The van der Waals surface area contributed by atoms with E-state index < -0.39 is 0 Å². The topological polar surface area (TPSA) is 40.1 Å². The zero-order valence-corrected chi connectivity index (χ0v) is 31.6. The molecular weight excluding hydrogens is 719 g/mol. The first-order valence-electron chi connectivity index (χ1n) is 20.2. The Morgan fingerprint density at radius 2 is 0.983 bits per heavy atom. The van der Waals surface area contributed by atoms with Crippen LogP contribution in [0.3, 0.4) is 0 Å². The minimum atomic E-state index is 0.803. The minimum absolute atomic E-state index is 0.803. The molecule has 59 heavy (non-hydrogen) atoms. The Bertz CT molecular complexity index is 4060. The van der Waals surface area contributed by atoms with Crippen LogP contribution in [0.25, 0.3) is 126 Å². The monoisotopic (exact) mass is 749 g/mol. The van der Waals surface area contributed by atoms with Gasteiger partial charge in [-0.1, -0.05) is 146 Å². The van der Waals surface area contributed by atoms with Gasteiger partial charge in [-0.3, -0.25) is 4.57 Å². The normalized spacial score (nSPS) is 12.4. The Balaban J connectivity index is 1.33.